The van der Waals surface area contributed by atoms with Crippen molar-refractivity contribution in [3.63, 3.8) is 0 Å². The van der Waals surface area contributed by atoms with Crippen LogP contribution in [0.25, 0.3) is 0 Å². The first kappa shape index (κ1) is 38.5. The highest BCUT2D eigenvalue weighted by Crippen LogP contribution is 2.56. The lowest BCUT2D eigenvalue weighted by molar-refractivity contribution is -0.0545. The van der Waals surface area contributed by atoms with Gasteiger partial charge in [0.2, 0.25) is 0 Å². The molecule has 0 saturated heterocycles. The lowest BCUT2D eigenvalue weighted by atomic mass is 9.56. The summed E-state index contributed by atoms with van der Waals surface area (Å²) < 4.78 is 9.80. The number of carbonyl (C=O) groups is 2. The summed E-state index contributed by atoms with van der Waals surface area (Å²) in [6.07, 6.45) is 18.5. The second-order valence-electron chi connectivity index (χ2n) is 16.3. The summed E-state index contributed by atoms with van der Waals surface area (Å²) in [6, 6.07) is 12.3. The van der Waals surface area contributed by atoms with E-state index in [2.05, 4.69) is 39.8 Å². The Kier molecular flexibility index (Phi) is 12.3. The van der Waals surface area contributed by atoms with Crippen molar-refractivity contribution in [2.24, 2.45) is 11.8 Å². The van der Waals surface area contributed by atoms with E-state index in [0.29, 0.717) is 23.0 Å². The van der Waals surface area contributed by atoms with Crippen molar-refractivity contribution >= 4 is 11.9 Å². The molecule has 6 atom stereocenters. The van der Waals surface area contributed by atoms with E-state index in [4.69, 9.17) is 9.47 Å². The van der Waals surface area contributed by atoms with E-state index in [0.717, 1.165) is 103 Å². The summed E-state index contributed by atoms with van der Waals surface area (Å²) in [6.45, 7) is 8.91. The zero-order chi connectivity index (χ0) is 36.2. The van der Waals surface area contributed by atoms with Crippen LogP contribution in [0.1, 0.15) is 173 Å². The number of benzene rings is 2. The van der Waals surface area contributed by atoms with Crippen LogP contribution in [0.15, 0.2) is 36.4 Å². The maximum absolute atomic E-state index is 11.9. The largest absolute Gasteiger partial charge is 0.465 e. The van der Waals surface area contributed by atoms with Gasteiger partial charge in [-0.2, -0.15) is 0 Å². The Morgan fingerprint density at radius 2 is 1.06 bits per heavy atom. The Morgan fingerprint density at radius 3 is 1.40 bits per heavy atom. The van der Waals surface area contributed by atoms with Crippen LogP contribution in [0.5, 0.6) is 0 Å². The van der Waals surface area contributed by atoms with Crippen molar-refractivity contribution in [2.45, 2.75) is 165 Å². The summed E-state index contributed by atoms with van der Waals surface area (Å²) >= 11 is 0. The van der Waals surface area contributed by atoms with E-state index in [9.17, 15) is 19.8 Å². The van der Waals surface area contributed by atoms with Gasteiger partial charge in [0.1, 0.15) is 0 Å². The lowest BCUT2D eigenvalue weighted by Crippen LogP contribution is -2.47. The third-order valence-corrected chi connectivity index (χ3v) is 13.7. The smallest absolute Gasteiger partial charge is 0.337 e. The molecule has 6 heteroatoms. The van der Waals surface area contributed by atoms with Crippen LogP contribution >= 0.6 is 0 Å². The van der Waals surface area contributed by atoms with E-state index in [1.54, 1.807) is 0 Å². The van der Waals surface area contributed by atoms with Crippen molar-refractivity contribution in [1.82, 2.24) is 0 Å². The predicted octanol–water partition coefficient (Wildman–Crippen LogP) is 9.58. The third kappa shape index (κ3) is 7.44. The molecule has 6 nitrogen and oxygen atoms in total. The minimum atomic E-state index is -0.478. The van der Waals surface area contributed by atoms with Gasteiger partial charge in [-0.15, -0.1) is 0 Å². The molecule has 0 aliphatic heterocycles. The summed E-state index contributed by atoms with van der Waals surface area (Å²) in [7, 11) is 2.88. The molecule has 0 heterocycles. The number of hydrogen-bond acceptors (Lipinski definition) is 6. The fourth-order valence-electron chi connectivity index (χ4n) is 11.1. The molecule has 2 fully saturated rings. The van der Waals surface area contributed by atoms with Gasteiger partial charge in [-0.3, -0.25) is 0 Å². The average molecular weight is 689 g/mol. The van der Waals surface area contributed by atoms with Gasteiger partial charge in [-0.05, 0) is 172 Å². The zero-order valence-electron chi connectivity index (χ0n) is 31.9. The second-order valence-corrected chi connectivity index (χ2v) is 16.3. The van der Waals surface area contributed by atoms with Gasteiger partial charge < -0.3 is 19.7 Å². The van der Waals surface area contributed by atoms with Crippen molar-refractivity contribution < 1.29 is 29.3 Å². The lowest BCUT2D eigenvalue weighted by Gasteiger charge is -2.50. The van der Waals surface area contributed by atoms with Gasteiger partial charge in [0.15, 0.2) is 0 Å². The highest BCUT2D eigenvalue weighted by atomic mass is 16.5. The molecular weight excluding hydrogens is 624 g/mol. The molecule has 0 bridgehead atoms. The SMILES string of the molecule is CCC[C@@]1(O)CC[C@@]2(CC)c3ccc(C(=O)OC)cc3CCC[C@H]2C1.CCC[C@]1(O)CC[C@]2(CC)c3ccc(C(=O)OC)cc3CCC[C@@H]2C1. The number of carbonyl (C=O) groups excluding carboxylic acids is 2. The topological polar surface area (TPSA) is 93.1 Å². The molecule has 4 aliphatic rings. The van der Waals surface area contributed by atoms with Crippen LogP contribution < -0.4 is 0 Å². The Hall–Kier alpha value is -2.70. The number of methoxy groups -OCH3 is 2. The van der Waals surface area contributed by atoms with Crippen LogP contribution in [0.2, 0.25) is 0 Å². The maximum atomic E-state index is 11.9. The van der Waals surface area contributed by atoms with E-state index in [1.807, 2.05) is 24.3 Å². The van der Waals surface area contributed by atoms with E-state index in [-0.39, 0.29) is 22.8 Å². The van der Waals surface area contributed by atoms with E-state index < -0.39 is 11.2 Å². The first-order chi connectivity index (χ1) is 24.0. The quantitative estimate of drug-likeness (QED) is 0.269. The van der Waals surface area contributed by atoms with Crippen molar-refractivity contribution in [3.8, 4) is 0 Å². The van der Waals surface area contributed by atoms with Gasteiger partial charge in [0, 0.05) is 0 Å². The van der Waals surface area contributed by atoms with Crippen molar-refractivity contribution in [3.05, 3.63) is 69.8 Å². The average Bonchev–Trinajstić information content (AvgIpc) is 3.38. The van der Waals surface area contributed by atoms with Crippen LogP contribution in [0, 0.1) is 11.8 Å². The molecule has 0 amide bonds. The summed E-state index contributed by atoms with van der Waals surface area (Å²) in [5, 5.41) is 22.1. The number of rotatable bonds is 8. The molecule has 2 saturated carbocycles. The minimum absolute atomic E-state index is 0.153. The fraction of sp³-hybridized carbons (Fsp3) is 0.682. The number of aliphatic hydroxyl groups is 2. The molecule has 276 valence electrons. The van der Waals surface area contributed by atoms with Crippen molar-refractivity contribution in [1.29, 1.82) is 0 Å². The molecular formula is C44H64O6. The standard InChI is InChI=1S/2C22H32O3/c2*1-4-11-21(24)12-13-22(5-2)18(15-21)8-6-7-16-14-17(20(23)25-3)9-10-19(16)22/h2*9-10,14,18,24H,4-8,11-13,15H2,1-3H3/t2*18-,21+,22+/m10/s1. The molecule has 2 aromatic carbocycles. The van der Waals surface area contributed by atoms with Gasteiger partial charge in [-0.25, -0.2) is 9.59 Å². The summed E-state index contributed by atoms with van der Waals surface area (Å²) in [4.78, 5) is 23.8. The van der Waals surface area contributed by atoms with Crippen LogP contribution in [0.4, 0.5) is 0 Å². The highest BCUT2D eigenvalue weighted by Gasteiger charge is 2.50. The molecule has 6 rings (SSSR count). The number of ether oxygens (including phenoxy) is 2. The number of fused-ring (bicyclic) bond motifs is 6. The molecule has 2 N–H and O–H groups in total. The van der Waals surface area contributed by atoms with Gasteiger partial charge >= 0.3 is 11.9 Å². The Balaban J connectivity index is 0.000000194. The van der Waals surface area contributed by atoms with Crippen LogP contribution in [-0.2, 0) is 33.1 Å². The molecule has 50 heavy (non-hydrogen) atoms. The first-order valence-corrected chi connectivity index (χ1v) is 19.8. The monoisotopic (exact) mass is 688 g/mol. The molecule has 4 aliphatic carbocycles. The number of aryl methyl sites for hydroxylation is 2. The van der Waals surface area contributed by atoms with Gasteiger partial charge in [0.05, 0.1) is 36.5 Å². The van der Waals surface area contributed by atoms with Crippen LogP contribution in [-0.4, -0.2) is 47.6 Å². The normalized spacial score (nSPS) is 31.6. The zero-order valence-corrected chi connectivity index (χ0v) is 31.9. The molecule has 0 spiro atoms. The number of hydrogen-bond donors (Lipinski definition) is 2. The van der Waals surface area contributed by atoms with Crippen LogP contribution in [0.3, 0.4) is 0 Å². The highest BCUT2D eigenvalue weighted by molar-refractivity contribution is 5.90. The summed E-state index contributed by atoms with van der Waals surface area (Å²) in [5.74, 6) is 0.561. The molecule has 0 aromatic heterocycles. The van der Waals surface area contributed by atoms with Gasteiger partial charge in [-0.1, -0.05) is 52.7 Å². The van der Waals surface area contributed by atoms with E-state index >= 15 is 0 Å². The predicted molar refractivity (Wildman–Crippen MR) is 200 cm³/mol. The Bertz CT molecular complexity index is 1390. The Labute approximate surface area is 301 Å². The fourth-order valence-corrected chi connectivity index (χ4v) is 11.1. The first-order valence-electron chi connectivity index (χ1n) is 19.8. The number of esters is 2. The van der Waals surface area contributed by atoms with E-state index in [1.165, 1.54) is 49.3 Å². The molecule has 0 unspecified atom stereocenters. The Morgan fingerprint density at radius 1 is 0.660 bits per heavy atom. The summed E-state index contributed by atoms with van der Waals surface area (Å²) in [5.41, 5.74) is 6.13. The third-order valence-electron chi connectivity index (χ3n) is 13.7. The van der Waals surface area contributed by atoms with Gasteiger partial charge in [0.25, 0.3) is 0 Å². The minimum Gasteiger partial charge on any atom is -0.465 e. The van der Waals surface area contributed by atoms with Crippen molar-refractivity contribution in [2.75, 3.05) is 14.2 Å². The molecule has 2 aromatic rings. The maximum Gasteiger partial charge on any atom is 0.337 e. The second kappa shape index (κ2) is 15.9. The molecule has 0 radical (unpaired) electrons.